The van der Waals surface area contributed by atoms with E-state index in [4.69, 9.17) is 0 Å². The summed E-state index contributed by atoms with van der Waals surface area (Å²) in [5.41, 5.74) is 0.886. The number of imidazole rings is 1. The maximum absolute atomic E-state index is 14.0. The third-order valence-corrected chi connectivity index (χ3v) is 4.47. The fraction of sp³-hybridized carbons (Fsp3) is 0.294. The number of nitrogens with one attached hydrogen (secondary N) is 2. The molecule has 6 heteroatoms. The highest BCUT2D eigenvalue weighted by Crippen LogP contribution is 2.28. The number of amides is 1. The Bertz CT molecular complexity index is 862. The molecule has 0 unspecified atom stereocenters. The average Bonchev–Trinajstić information content (AvgIpc) is 3.10. The van der Waals surface area contributed by atoms with Crippen LogP contribution in [0.15, 0.2) is 36.9 Å². The Labute approximate surface area is 132 Å². The molecule has 5 nitrogen and oxygen atoms in total. The largest absolute Gasteiger partial charge is 0.360 e. The quantitative estimate of drug-likeness (QED) is 0.774. The first-order valence-corrected chi connectivity index (χ1v) is 7.79. The van der Waals surface area contributed by atoms with Gasteiger partial charge in [0.15, 0.2) is 5.82 Å². The zero-order valence-electron chi connectivity index (χ0n) is 12.6. The Kier molecular flexibility index (Phi) is 3.37. The molecular formula is C17H17FN4O. The molecule has 23 heavy (non-hydrogen) atoms. The highest BCUT2D eigenvalue weighted by Gasteiger charge is 2.19. The summed E-state index contributed by atoms with van der Waals surface area (Å²) in [5, 5.41) is 3.04. The smallest absolute Gasteiger partial charge is 0.259 e. The van der Waals surface area contributed by atoms with E-state index in [0.29, 0.717) is 16.7 Å². The normalized spacial score (nSPS) is 14.8. The van der Waals surface area contributed by atoms with Gasteiger partial charge in [-0.2, -0.15) is 0 Å². The van der Waals surface area contributed by atoms with Crippen molar-refractivity contribution in [1.29, 1.82) is 0 Å². The van der Waals surface area contributed by atoms with Crippen molar-refractivity contribution in [3.8, 4) is 0 Å². The van der Waals surface area contributed by atoms with Gasteiger partial charge in [-0.3, -0.25) is 4.79 Å². The maximum atomic E-state index is 14.0. The van der Waals surface area contributed by atoms with Crippen LogP contribution < -0.4 is 5.32 Å². The summed E-state index contributed by atoms with van der Waals surface area (Å²) in [6, 6.07) is 4.70. The minimum Gasteiger partial charge on any atom is -0.360 e. The van der Waals surface area contributed by atoms with Crippen LogP contribution in [0.5, 0.6) is 0 Å². The van der Waals surface area contributed by atoms with Crippen LogP contribution in [0.4, 0.5) is 10.2 Å². The summed E-state index contributed by atoms with van der Waals surface area (Å²) in [7, 11) is 0. The summed E-state index contributed by atoms with van der Waals surface area (Å²) in [6.45, 7) is 0.935. The second kappa shape index (κ2) is 5.53. The average molecular weight is 312 g/mol. The fourth-order valence-electron chi connectivity index (χ4n) is 3.00. The van der Waals surface area contributed by atoms with Crippen LogP contribution in [0, 0.1) is 11.7 Å². The number of halogens is 1. The van der Waals surface area contributed by atoms with Gasteiger partial charge in [0.05, 0.1) is 11.9 Å². The minimum absolute atomic E-state index is 0.284. The van der Waals surface area contributed by atoms with Crippen LogP contribution in [0.3, 0.4) is 0 Å². The number of carbonyl (C=O) groups excluding carboxylic acids is 1. The lowest BCUT2D eigenvalue weighted by Crippen LogP contribution is -2.17. The number of anilines is 1. The van der Waals surface area contributed by atoms with Gasteiger partial charge >= 0.3 is 0 Å². The van der Waals surface area contributed by atoms with Gasteiger partial charge in [0.2, 0.25) is 0 Å². The van der Waals surface area contributed by atoms with E-state index in [-0.39, 0.29) is 11.5 Å². The van der Waals surface area contributed by atoms with Crippen LogP contribution >= 0.6 is 0 Å². The third-order valence-electron chi connectivity index (χ3n) is 4.47. The molecule has 1 aliphatic carbocycles. The summed E-state index contributed by atoms with van der Waals surface area (Å²) in [4.78, 5) is 19.5. The van der Waals surface area contributed by atoms with Crippen molar-refractivity contribution in [1.82, 2.24) is 14.5 Å². The van der Waals surface area contributed by atoms with Gasteiger partial charge in [-0.1, -0.05) is 12.5 Å². The molecule has 2 aromatic heterocycles. The van der Waals surface area contributed by atoms with Crippen molar-refractivity contribution >= 4 is 22.6 Å². The maximum Gasteiger partial charge on any atom is 0.259 e. The number of H-pyrrole nitrogens is 1. The first kappa shape index (κ1) is 14.0. The number of carbonyl (C=O) groups is 1. The highest BCUT2D eigenvalue weighted by molar-refractivity contribution is 6.12. The summed E-state index contributed by atoms with van der Waals surface area (Å²) < 4.78 is 15.9. The molecule has 0 aliphatic heterocycles. The molecule has 1 aromatic carbocycles. The number of rotatable bonds is 4. The van der Waals surface area contributed by atoms with Gasteiger partial charge in [-0.25, -0.2) is 9.37 Å². The van der Waals surface area contributed by atoms with Crippen molar-refractivity contribution in [2.45, 2.75) is 25.8 Å². The van der Waals surface area contributed by atoms with E-state index >= 15 is 0 Å². The first-order chi connectivity index (χ1) is 11.2. The predicted octanol–water partition coefficient (Wildman–Crippen LogP) is 3.56. The molecule has 1 amide bonds. The Morgan fingerprint density at radius 2 is 2.30 bits per heavy atom. The number of aromatic amines is 1. The number of hydrogen-bond acceptors (Lipinski definition) is 2. The Morgan fingerprint density at radius 3 is 3.09 bits per heavy atom. The molecule has 3 aromatic rings. The lowest BCUT2D eigenvalue weighted by Gasteiger charge is -2.25. The molecule has 0 bridgehead atoms. The summed E-state index contributed by atoms with van der Waals surface area (Å²) >= 11 is 0. The van der Waals surface area contributed by atoms with E-state index in [9.17, 15) is 9.18 Å². The number of benzene rings is 1. The predicted molar refractivity (Wildman–Crippen MR) is 85.8 cm³/mol. The van der Waals surface area contributed by atoms with Crippen molar-refractivity contribution < 1.29 is 9.18 Å². The molecule has 1 aliphatic rings. The van der Waals surface area contributed by atoms with Crippen LogP contribution in [0.1, 0.15) is 29.6 Å². The number of aromatic nitrogens is 3. The molecule has 4 rings (SSSR count). The van der Waals surface area contributed by atoms with E-state index in [1.54, 1.807) is 18.5 Å². The van der Waals surface area contributed by atoms with E-state index < -0.39 is 5.82 Å². The zero-order valence-corrected chi connectivity index (χ0v) is 12.6. The van der Waals surface area contributed by atoms with Gasteiger partial charge in [0, 0.05) is 29.8 Å². The molecule has 0 radical (unpaired) electrons. The van der Waals surface area contributed by atoms with Crippen LogP contribution in [-0.4, -0.2) is 20.4 Å². The molecule has 1 fully saturated rings. The van der Waals surface area contributed by atoms with E-state index in [2.05, 4.69) is 15.3 Å². The SMILES string of the molecule is O=C(Nc1cn(CC2CCC2)cn1)c1c[nH]c2cccc(F)c12. The van der Waals surface area contributed by atoms with Gasteiger partial charge in [0.25, 0.3) is 5.91 Å². The van der Waals surface area contributed by atoms with Crippen LogP contribution in [0.2, 0.25) is 0 Å². The second-order valence-electron chi connectivity index (χ2n) is 6.07. The number of hydrogen-bond donors (Lipinski definition) is 2. The summed E-state index contributed by atoms with van der Waals surface area (Å²) in [5.74, 6) is 0.426. The van der Waals surface area contributed by atoms with Gasteiger partial charge in [0.1, 0.15) is 5.82 Å². The molecule has 2 heterocycles. The van der Waals surface area contributed by atoms with Gasteiger partial charge in [-0.05, 0) is 30.9 Å². The first-order valence-electron chi connectivity index (χ1n) is 7.79. The topological polar surface area (TPSA) is 62.7 Å². The molecular weight excluding hydrogens is 295 g/mol. The minimum atomic E-state index is -0.413. The van der Waals surface area contributed by atoms with Crippen LogP contribution in [0.25, 0.3) is 10.9 Å². The Morgan fingerprint density at radius 1 is 1.43 bits per heavy atom. The van der Waals surface area contributed by atoms with E-state index in [0.717, 1.165) is 12.5 Å². The highest BCUT2D eigenvalue weighted by atomic mass is 19.1. The lowest BCUT2D eigenvalue weighted by atomic mass is 9.85. The fourth-order valence-corrected chi connectivity index (χ4v) is 3.00. The van der Waals surface area contributed by atoms with Crippen LogP contribution in [-0.2, 0) is 6.54 Å². The second-order valence-corrected chi connectivity index (χ2v) is 6.07. The van der Waals surface area contributed by atoms with Gasteiger partial charge < -0.3 is 14.9 Å². The molecule has 2 N–H and O–H groups in total. The lowest BCUT2D eigenvalue weighted by molar-refractivity contribution is 0.102. The third kappa shape index (κ3) is 2.60. The van der Waals surface area contributed by atoms with Crippen molar-refractivity contribution in [3.05, 3.63) is 48.3 Å². The van der Waals surface area contributed by atoms with Crippen molar-refractivity contribution in [2.24, 2.45) is 5.92 Å². The monoisotopic (exact) mass is 312 g/mol. The van der Waals surface area contributed by atoms with Gasteiger partial charge in [-0.15, -0.1) is 0 Å². The molecule has 0 saturated heterocycles. The van der Waals surface area contributed by atoms with E-state index in [1.165, 1.54) is 31.5 Å². The number of nitrogens with zero attached hydrogens (tertiary/aromatic N) is 2. The number of fused-ring (bicyclic) bond motifs is 1. The summed E-state index contributed by atoms with van der Waals surface area (Å²) in [6.07, 6.45) is 8.89. The molecule has 0 atom stereocenters. The molecule has 0 spiro atoms. The molecule has 118 valence electrons. The van der Waals surface area contributed by atoms with E-state index in [1.807, 2.05) is 10.8 Å². The van der Waals surface area contributed by atoms with Crippen molar-refractivity contribution in [2.75, 3.05) is 5.32 Å². The molecule has 1 saturated carbocycles. The Hall–Kier alpha value is -2.63. The Balaban J connectivity index is 1.52. The zero-order chi connectivity index (χ0) is 15.8. The van der Waals surface area contributed by atoms with Crippen molar-refractivity contribution in [3.63, 3.8) is 0 Å². The standard InChI is InChI=1S/C17H17FN4O/c18-13-5-2-6-14-16(13)12(7-19-14)17(23)21-15-9-22(10-20-15)8-11-3-1-4-11/h2,5-7,9-11,19H,1,3-4,8H2,(H,21,23).